The van der Waals surface area contributed by atoms with Gasteiger partial charge in [-0.25, -0.2) is 0 Å². The van der Waals surface area contributed by atoms with E-state index in [2.05, 4.69) is 57.7 Å². The van der Waals surface area contributed by atoms with E-state index in [0.29, 0.717) is 5.92 Å². The summed E-state index contributed by atoms with van der Waals surface area (Å²) in [6, 6.07) is 6.70. The molecule has 0 bridgehead atoms. The maximum absolute atomic E-state index is 4.55. The number of aryl methyl sites for hydroxylation is 2. The molecule has 1 heteroatoms. The van der Waals surface area contributed by atoms with E-state index in [0.717, 1.165) is 11.3 Å². The van der Waals surface area contributed by atoms with E-state index in [1.54, 1.807) is 0 Å². The average molecular weight is 246 g/mol. The lowest BCUT2D eigenvalue weighted by atomic mass is 9.97. The number of rotatable bonds is 4. The summed E-state index contributed by atoms with van der Waals surface area (Å²) < 4.78 is 0. The van der Waals surface area contributed by atoms with Crippen molar-refractivity contribution in [2.75, 3.05) is 0 Å². The number of allylic oxidation sites excluding steroid dienone is 4. The van der Waals surface area contributed by atoms with Crippen molar-refractivity contribution in [2.24, 2.45) is 5.92 Å². The van der Waals surface area contributed by atoms with Crippen molar-refractivity contribution in [1.82, 2.24) is 0 Å². The zero-order chi connectivity index (χ0) is 12.8. The summed E-state index contributed by atoms with van der Waals surface area (Å²) in [5.74, 6) is 0.469. The largest absolute Gasteiger partial charge is 0.148 e. The molecule has 0 saturated heterocycles. The van der Waals surface area contributed by atoms with Crippen LogP contribution >= 0.6 is 12.6 Å². The van der Waals surface area contributed by atoms with Crippen molar-refractivity contribution < 1.29 is 0 Å². The van der Waals surface area contributed by atoms with Crippen LogP contribution < -0.4 is 0 Å². The molecule has 1 unspecified atom stereocenters. The zero-order valence-electron chi connectivity index (χ0n) is 11.2. The maximum atomic E-state index is 4.55. The van der Waals surface area contributed by atoms with Gasteiger partial charge in [-0.15, -0.1) is 12.6 Å². The fourth-order valence-electron chi connectivity index (χ4n) is 1.75. The number of hydrogen-bond donors (Lipinski definition) is 1. The van der Waals surface area contributed by atoms with Gasteiger partial charge in [-0.05, 0) is 54.7 Å². The first kappa shape index (κ1) is 14.1. The van der Waals surface area contributed by atoms with Crippen LogP contribution in [0.4, 0.5) is 0 Å². The highest BCUT2D eigenvalue weighted by atomic mass is 32.1. The average Bonchev–Trinajstić information content (AvgIpc) is 2.30. The molecule has 17 heavy (non-hydrogen) atoms. The third-order valence-corrected chi connectivity index (χ3v) is 3.67. The van der Waals surface area contributed by atoms with Crippen molar-refractivity contribution in [3.05, 3.63) is 58.0 Å². The van der Waals surface area contributed by atoms with Gasteiger partial charge in [0.2, 0.25) is 0 Å². The molecule has 0 spiro atoms. The van der Waals surface area contributed by atoms with Gasteiger partial charge in [-0.3, -0.25) is 0 Å². The van der Waals surface area contributed by atoms with Crippen molar-refractivity contribution in [3.8, 4) is 0 Å². The van der Waals surface area contributed by atoms with E-state index >= 15 is 0 Å². The molecule has 0 heterocycles. The van der Waals surface area contributed by atoms with Gasteiger partial charge in [0.25, 0.3) is 0 Å². The minimum Gasteiger partial charge on any atom is -0.148 e. The Morgan fingerprint density at radius 1 is 1.29 bits per heavy atom. The highest BCUT2D eigenvalue weighted by Gasteiger charge is 2.06. The predicted molar refractivity (Wildman–Crippen MR) is 80.7 cm³/mol. The molecular weight excluding hydrogens is 224 g/mol. The Hall–Kier alpha value is -0.950. The predicted octanol–water partition coefficient (Wildman–Crippen LogP) is 4.87. The van der Waals surface area contributed by atoms with Crippen LogP contribution in [0.5, 0.6) is 0 Å². The minimum atomic E-state index is 0.469. The van der Waals surface area contributed by atoms with Crippen LogP contribution in [0.3, 0.4) is 0 Å². The van der Waals surface area contributed by atoms with E-state index in [9.17, 15) is 0 Å². The summed E-state index contributed by atoms with van der Waals surface area (Å²) in [4.78, 5) is 1.14. The summed E-state index contributed by atoms with van der Waals surface area (Å²) in [6.07, 6.45) is 7.20. The van der Waals surface area contributed by atoms with Crippen LogP contribution in [0.25, 0.3) is 0 Å². The van der Waals surface area contributed by atoms with Gasteiger partial charge >= 0.3 is 0 Å². The SMILES string of the molecule is C/C=C\C=C(/S)C(C)Cc1ccc(C)c(C)c1. The van der Waals surface area contributed by atoms with Gasteiger partial charge in [0.1, 0.15) is 0 Å². The molecule has 92 valence electrons. The van der Waals surface area contributed by atoms with Gasteiger partial charge < -0.3 is 0 Å². The molecule has 1 atom stereocenters. The lowest BCUT2D eigenvalue weighted by Gasteiger charge is -2.12. The molecule has 0 saturated carbocycles. The fourth-order valence-corrected chi connectivity index (χ4v) is 1.93. The summed E-state index contributed by atoms with van der Waals surface area (Å²) in [6.45, 7) is 8.56. The minimum absolute atomic E-state index is 0.469. The molecular formula is C16H22S. The van der Waals surface area contributed by atoms with Crippen LogP contribution in [0.1, 0.15) is 30.5 Å². The second kappa shape index (κ2) is 6.70. The van der Waals surface area contributed by atoms with Crippen LogP contribution in [0.15, 0.2) is 41.3 Å². The Morgan fingerprint density at radius 2 is 2.00 bits per heavy atom. The zero-order valence-corrected chi connectivity index (χ0v) is 12.1. The molecule has 1 aromatic carbocycles. The van der Waals surface area contributed by atoms with Crippen LogP contribution in [0, 0.1) is 19.8 Å². The maximum Gasteiger partial charge on any atom is -0.00924 e. The van der Waals surface area contributed by atoms with E-state index in [1.165, 1.54) is 16.7 Å². The van der Waals surface area contributed by atoms with Gasteiger partial charge in [0.15, 0.2) is 0 Å². The topological polar surface area (TPSA) is 0 Å². The van der Waals surface area contributed by atoms with Gasteiger partial charge in [-0.2, -0.15) is 0 Å². The van der Waals surface area contributed by atoms with E-state index in [1.807, 2.05) is 19.1 Å². The molecule has 1 aromatic rings. The monoisotopic (exact) mass is 246 g/mol. The van der Waals surface area contributed by atoms with Crippen LogP contribution in [0.2, 0.25) is 0 Å². The lowest BCUT2D eigenvalue weighted by molar-refractivity contribution is 0.712. The van der Waals surface area contributed by atoms with E-state index < -0.39 is 0 Å². The van der Waals surface area contributed by atoms with Crippen molar-refractivity contribution in [2.45, 2.75) is 34.1 Å². The number of benzene rings is 1. The molecule has 0 N–H and O–H groups in total. The Bertz CT molecular complexity index is 427. The van der Waals surface area contributed by atoms with Crippen molar-refractivity contribution in [1.29, 1.82) is 0 Å². The summed E-state index contributed by atoms with van der Waals surface area (Å²) in [7, 11) is 0. The molecule has 0 aliphatic heterocycles. The third kappa shape index (κ3) is 4.43. The fraction of sp³-hybridized carbons (Fsp3) is 0.375. The molecule has 0 aliphatic carbocycles. The van der Waals surface area contributed by atoms with E-state index in [-0.39, 0.29) is 0 Å². The molecule has 0 fully saturated rings. The smallest absolute Gasteiger partial charge is 0.00924 e. The number of hydrogen-bond acceptors (Lipinski definition) is 1. The lowest BCUT2D eigenvalue weighted by Crippen LogP contribution is -2.00. The van der Waals surface area contributed by atoms with Gasteiger partial charge in [0, 0.05) is 0 Å². The first-order valence-electron chi connectivity index (χ1n) is 6.12. The molecule has 0 amide bonds. The Kier molecular flexibility index (Phi) is 5.57. The first-order valence-corrected chi connectivity index (χ1v) is 6.57. The molecule has 0 nitrogen and oxygen atoms in total. The standard InChI is InChI=1S/C16H22S/c1-5-6-7-16(17)14(4)11-15-9-8-12(2)13(3)10-15/h5-10,14,17H,11H2,1-4H3/b6-5-,16-7-. The molecule has 1 rings (SSSR count). The highest BCUT2D eigenvalue weighted by Crippen LogP contribution is 2.21. The quantitative estimate of drug-likeness (QED) is 0.568. The molecule has 0 radical (unpaired) electrons. The summed E-state index contributed by atoms with van der Waals surface area (Å²) in [5.41, 5.74) is 4.12. The third-order valence-electron chi connectivity index (χ3n) is 3.08. The first-order chi connectivity index (χ1) is 8.04. The van der Waals surface area contributed by atoms with Crippen molar-refractivity contribution in [3.63, 3.8) is 0 Å². The van der Waals surface area contributed by atoms with Gasteiger partial charge in [-0.1, -0.05) is 43.4 Å². The summed E-state index contributed by atoms with van der Waals surface area (Å²) in [5, 5.41) is 0. The summed E-state index contributed by atoms with van der Waals surface area (Å²) >= 11 is 4.55. The second-order valence-electron chi connectivity index (χ2n) is 4.64. The van der Waals surface area contributed by atoms with Crippen LogP contribution in [-0.2, 0) is 6.42 Å². The molecule has 0 aliphatic rings. The van der Waals surface area contributed by atoms with Crippen molar-refractivity contribution >= 4 is 12.6 Å². The van der Waals surface area contributed by atoms with Crippen LogP contribution in [-0.4, -0.2) is 0 Å². The van der Waals surface area contributed by atoms with Gasteiger partial charge in [0.05, 0.1) is 0 Å². The second-order valence-corrected chi connectivity index (χ2v) is 5.16. The van der Waals surface area contributed by atoms with E-state index in [4.69, 9.17) is 0 Å². The number of thiol groups is 1. The molecule has 0 aromatic heterocycles. The highest BCUT2D eigenvalue weighted by molar-refractivity contribution is 7.84. The Balaban J connectivity index is 2.74. The Morgan fingerprint density at radius 3 is 2.59 bits per heavy atom. The Labute approximate surface area is 111 Å². The normalized spacial score (nSPS) is 14.3.